The lowest BCUT2D eigenvalue weighted by atomic mass is 10.2. The summed E-state index contributed by atoms with van der Waals surface area (Å²) in [7, 11) is 0. The van der Waals surface area contributed by atoms with Crippen LogP contribution in [0.3, 0.4) is 0 Å². The van der Waals surface area contributed by atoms with Gasteiger partial charge in [0.2, 0.25) is 5.91 Å². The zero-order chi connectivity index (χ0) is 14.4. The summed E-state index contributed by atoms with van der Waals surface area (Å²) in [4.78, 5) is 12.6. The second-order valence-corrected chi connectivity index (χ2v) is 5.43. The van der Waals surface area contributed by atoms with Gasteiger partial charge in [-0.05, 0) is 18.2 Å². The zero-order valence-corrected chi connectivity index (χ0v) is 12.0. The van der Waals surface area contributed by atoms with Gasteiger partial charge in [0.05, 0.1) is 0 Å². The van der Waals surface area contributed by atoms with Crippen molar-refractivity contribution in [3.8, 4) is 0 Å². The van der Waals surface area contributed by atoms with Crippen molar-refractivity contribution in [1.82, 2.24) is 5.32 Å². The van der Waals surface area contributed by atoms with E-state index in [2.05, 4.69) is 5.32 Å². The molecule has 0 bridgehead atoms. The second kappa shape index (κ2) is 7.10. The Morgan fingerprint density at radius 1 is 1.15 bits per heavy atom. The summed E-state index contributed by atoms with van der Waals surface area (Å²) in [6.45, 7) is 1.78. The van der Waals surface area contributed by atoms with E-state index in [9.17, 15) is 9.18 Å². The maximum Gasteiger partial charge on any atom is 0.220 e. The summed E-state index contributed by atoms with van der Waals surface area (Å²) in [6, 6.07) is 16.2. The summed E-state index contributed by atoms with van der Waals surface area (Å²) in [5.41, 5.74) is 0.489. The van der Waals surface area contributed by atoms with E-state index in [0.717, 1.165) is 4.90 Å². The molecule has 2 aromatic carbocycles. The van der Waals surface area contributed by atoms with Crippen LogP contribution in [0.1, 0.15) is 24.3 Å². The molecule has 0 saturated carbocycles. The molecule has 1 N–H and O–H groups in total. The Bertz CT molecular complexity index is 574. The number of hydrogen-bond donors (Lipinski definition) is 1. The molecule has 2 rings (SSSR count). The summed E-state index contributed by atoms with van der Waals surface area (Å²) in [6.07, 6.45) is 0.375. The second-order valence-electron chi connectivity index (χ2n) is 4.25. The van der Waals surface area contributed by atoms with Crippen molar-refractivity contribution in [2.75, 3.05) is 0 Å². The molecule has 0 saturated heterocycles. The number of halogens is 1. The topological polar surface area (TPSA) is 29.1 Å². The molecule has 0 fully saturated rings. The van der Waals surface area contributed by atoms with E-state index in [1.165, 1.54) is 17.8 Å². The monoisotopic (exact) mass is 289 g/mol. The molecule has 0 aliphatic heterocycles. The van der Waals surface area contributed by atoms with E-state index in [1.807, 2.05) is 30.3 Å². The molecular weight excluding hydrogens is 273 g/mol. The molecule has 0 radical (unpaired) electrons. The molecule has 1 unspecified atom stereocenters. The Labute approximate surface area is 122 Å². The third-order valence-corrected chi connectivity index (χ3v) is 3.95. The van der Waals surface area contributed by atoms with Crippen molar-refractivity contribution in [2.24, 2.45) is 0 Å². The maximum atomic E-state index is 13.9. The van der Waals surface area contributed by atoms with Gasteiger partial charge in [-0.2, -0.15) is 0 Å². The van der Waals surface area contributed by atoms with Gasteiger partial charge in [-0.3, -0.25) is 4.79 Å². The molecule has 1 atom stereocenters. The first-order valence-corrected chi connectivity index (χ1v) is 7.34. The smallest absolute Gasteiger partial charge is 0.220 e. The number of nitrogens with one attached hydrogen (secondary N) is 1. The first-order chi connectivity index (χ1) is 9.70. The maximum absolute atomic E-state index is 13.9. The van der Waals surface area contributed by atoms with Crippen LogP contribution in [0.15, 0.2) is 59.5 Å². The standard InChI is InChI=1S/C16H16FNOS/c1-2-15(19)18-16(13-10-6-7-11-14(13)17)20-12-8-4-3-5-9-12/h3-11,16H,2H2,1H3,(H,18,19). The molecular formula is C16H16FNOS. The van der Waals surface area contributed by atoms with Gasteiger partial charge in [-0.15, -0.1) is 0 Å². The van der Waals surface area contributed by atoms with Crippen LogP contribution in [0.2, 0.25) is 0 Å². The van der Waals surface area contributed by atoms with E-state index < -0.39 is 5.37 Å². The molecule has 1 amide bonds. The largest absolute Gasteiger partial charge is 0.340 e. The zero-order valence-electron chi connectivity index (χ0n) is 11.2. The van der Waals surface area contributed by atoms with Crippen LogP contribution < -0.4 is 5.32 Å². The number of benzene rings is 2. The molecule has 104 valence electrons. The first-order valence-electron chi connectivity index (χ1n) is 6.46. The van der Waals surface area contributed by atoms with Gasteiger partial charge in [0.25, 0.3) is 0 Å². The molecule has 4 heteroatoms. The summed E-state index contributed by atoms with van der Waals surface area (Å²) in [5, 5.41) is 2.43. The number of rotatable bonds is 5. The average molecular weight is 289 g/mol. The van der Waals surface area contributed by atoms with Crippen LogP contribution in [0.5, 0.6) is 0 Å². The Morgan fingerprint density at radius 2 is 1.80 bits per heavy atom. The highest BCUT2D eigenvalue weighted by Crippen LogP contribution is 2.34. The number of hydrogen-bond acceptors (Lipinski definition) is 2. The number of carbonyl (C=O) groups is 1. The number of thioether (sulfide) groups is 1. The SMILES string of the molecule is CCC(=O)NC(Sc1ccccc1)c1ccccc1F. The van der Waals surface area contributed by atoms with Crippen LogP contribution in [0.25, 0.3) is 0 Å². The van der Waals surface area contributed by atoms with Crippen molar-refractivity contribution in [3.63, 3.8) is 0 Å². The van der Waals surface area contributed by atoms with Gasteiger partial charge >= 0.3 is 0 Å². The van der Waals surface area contributed by atoms with E-state index in [-0.39, 0.29) is 11.7 Å². The van der Waals surface area contributed by atoms with Crippen LogP contribution in [-0.4, -0.2) is 5.91 Å². The highest BCUT2D eigenvalue weighted by Gasteiger charge is 2.18. The van der Waals surface area contributed by atoms with E-state index in [4.69, 9.17) is 0 Å². The van der Waals surface area contributed by atoms with Crippen molar-refractivity contribution in [2.45, 2.75) is 23.6 Å². The Morgan fingerprint density at radius 3 is 2.45 bits per heavy atom. The van der Waals surface area contributed by atoms with E-state index >= 15 is 0 Å². The molecule has 2 aromatic rings. The third kappa shape index (κ3) is 3.84. The van der Waals surface area contributed by atoms with Crippen LogP contribution in [0, 0.1) is 5.82 Å². The summed E-state index contributed by atoms with van der Waals surface area (Å²) < 4.78 is 13.9. The molecule has 0 heterocycles. The van der Waals surface area contributed by atoms with Crippen molar-refractivity contribution < 1.29 is 9.18 Å². The van der Waals surface area contributed by atoms with Crippen LogP contribution in [-0.2, 0) is 4.79 Å². The van der Waals surface area contributed by atoms with Gasteiger partial charge in [-0.25, -0.2) is 4.39 Å². The molecule has 0 aromatic heterocycles. The van der Waals surface area contributed by atoms with Gasteiger partial charge in [0.1, 0.15) is 11.2 Å². The molecule has 0 spiro atoms. The Balaban J connectivity index is 2.25. The van der Waals surface area contributed by atoms with Crippen molar-refractivity contribution in [1.29, 1.82) is 0 Å². The fraction of sp³-hybridized carbons (Fsp3) is 0.188. The van der Waals surface area contributed by atoms with Crippen molar-refractivity contribution in [3.05, 3.63) is 66.0 Å². The van der Waals surface area contributed by atoms with Gasteiger partial charge in [-0.1, -0.05) is 55.1 Å². The molecule has 2 nitrogen and oxygen atoms in total. The first kappa shape index (κ1) is 14.6. The van der Waals surface area contributed by atoms with E-state index in [0.29, 0.717) is 12.0 Å². The van der Waals surface area contributed by atoms with Crippen LogP contribution >= 0.6 is 11.8 Å². The molecule has 0 aliphatic carbocycles. The minimum absolute atomic E-state index is 0.0957. The minimum atomic E-state index is -0.425. The minimum Gasteiger partial charge on any atom is -0.340 e. The third-order valence-electron chi connectivity index (χ3n) is 2.80. The fourth-order valence-corrected chi connectivity index (χ4v) is 2.84. The quantitative estimate of drug-likeness (QED) is 0.662. The number of amides is 1. The lowest BCUT2D eigenvalue weighted by molar-refractivity contribution is -0.121. The fourth-order valence-electron chi connectivity index (χ4n) is 1.74. The highest BCUT2D eigenvalue weighted by atomic mass is 32.2. The molecule has 20 heavy (non-hydrogen) atoms. The van der Waals surface area contributed by atoms with E-state index in [1.54, 1.807) is 25.1 Å². The van der Waals surface area contributed by atoms with Gasteiger partial charge in [0.15, 0.2) is 0 Å². The van der Waals surface area contributed by atoms with Crippen molar-refractivity contribution >= 4 is 17.7 Å². The summed E-state index contributed by atoms with van der Waals surface area (Å²) >= 11 is 1.43. The normalized spacial score (nSPS) is 11.9. The predicted molar refractivity (Wildman–Crippen MR) is 79.9 cm³/mol. The van der Waals surface area contributed by atoms with Gasteiger partial charge in [0, 0.05) is 16.9 Å². The lowest BCUT2D eigenvalue weighted by Gasteiger charge is -2.19. The lowest BCUT2D eigenvalue weighted by Crippen LogP contribution is -2.26. The molecule has 0 aliphatic rings. The average Bonchev–Trinajstić information content (AvgIpc) is 2.48. The number of carbonyl (C=O) groups excluding carboxylic acids is 1. The Hall–Kier alpha value is -1.81. The van der Waals surface area contributed by atoms with Crippen LogP contribution in [0.4, 0.5) is 4.39 Å². The Kier molecular flexibility index (Phi) is 5.18. The highest BCUT2D eigenvalue weighted by molar-refractivity contribution is 7.99. The predicted octanol–water partition coefficient (Wildman–Crippen LogP) is 4.14. The van der Waals surface area contributed by atoms with Gasteiger partial charge < -0.3 is 5.32 Å². The summed E-state index contributed by atoms with van der Waals surface area (Å²) in [5.74, 6) is -0.404.